The fourth-order valence-electron chi connectivity index (χ4n) is 4.65. The van der Waals surface area contributed by atoms with Gasteiger partial charge in [-0.15, -0.1) is 0 Å². The number of fused-ring (bicyclic) bond motifs is 2. The first-order valence-electron chi connectivity index (χ1n) is 12.2. The molecular formula is C30H31N3O. The van der Waals surface area contributed by atoms with E-state index in [0.717, 1.165) is 71.6 Å². The third-order valence-corrected chi connectivity index (χ3v) is 6.33. The van der Waals surface area contributed by atoms with Crippen molar-refractivity contribution in [1.29, 1.82) is 0 Å². The average Bonchev–Trinajstić information content (AvgIpc) is 3.27. The van der Waals surface area contributed by atoms with E-state index in [2.05, 4.69) is 103 Å². The second kappa shape index (κ2) is 10.0. The summed E-state index contributed by atoms with van der Waals surface area (Å²) in [7, 11) is 0. The molecule has 1 aromatic heterocycles. The molecule has 1 aliphatic carbocycles. The monoisotopic (exact) mass is 449 g/mol. The average molecular weight is 450 g/mol. The summed E-state index contributed by atoms with van der Waals surface area (Å²) in [6.45, 7) is 5.11. The number of hydrogen-bond acceptors (Lipinski definition) is 4. The van der Waals surface area contributed by atoms with Gasteiger partial charge >= 0.3 is 0 Å². The van der Waals surface area contributed by atoms with Gasteiger partial charge in [-0.05, 0) is 48.6 Å². The van der Waals surface area contributed by atoms with Crippen LogP contribution in [0, 0.1) is 0 Å². The van der Waals surface area contributed by atoms with Gasteiger partial charge < -0.3 is 9.84 Å². The molecule has 4 nitrogen and oxygen atoms in total. The fraction of sp³-hybridized carbons (Fsp3) is 0.233. The topological polar surface area (TPSA) is 49.6 Å². The van der Waals surface area contributed by atoms with Crippen molar-refractivity contribution in [1.82, 2.24) is 5.43 Å². The number of aryl methyl sites for hydroxylation is 1. The van der Waals surface area contributed by atoms with Gasteiger partial charge in [0, 0.05) is 30.3 Å². The highest BCUT2D eigenvalue weighted by Gasteiger charge is 2.26. The molecule has 34 heavy (non-hydrogen) atoms. The van der Waals surface area contributed by atoms with Crippen molar-refractivity contribution in [3.8, 4) is 11.3 Å². The van der Waals surface area contributed by atoms with Crippen LogP contribution < -0.4 is 10.9 Å². The van der Waals surface area contributed by atoms with Crippen LogP contribution in [0.2, 0.25) is 0 Å². The van der Waals surface area contributed by atoms with E-state index in [1.807, 2.05) is 6.21 Å². The summed E-state index contributed by atoms with van der Waals surface area (Å²) in [5, 5.41) is 2.34. The number of benzene rings is 2. The number of nitrogens with one attached hydrogen (secondary N) is 2. The summed E-state index contributed by atoms with van der Waals surface area (Å²) in [5.41, 5.74) is 13.4. The van der Waals surface area contributed by atoms with Crippen LogP contribution in [-0.4, -0.2) is 12.8 Å². The third kappa shape index (κ3) is 4.24. The molecule has 172 valence electrons. The SMILES string of the molecule is C/C=C(/C=C\CC)c1c(-c2c(NNC3=CCCN=C3)ccc3ccccc23)oc2c1C=CCC2. The number of nitrogens with zero attached hydrogens (tertiary/aromatic N) is 1. The Morgan fingerprint density at radius 2 is 2.03 bits per heavy atom. The van der Waals surface area contributed by atoms with Crippen molar-refractivity contribution >= 4 is 34.3 Å². The predicted molar refractivity (Wildman–Crippen MR) is 145 cm³/mol. The standard InChI is InChI=1S/C30H31N3O/c1-3-5-11-21(4-2)28-25-15-8-9-16-27(25)34-30(28)29-24-14-7-6-12-22(24)17-18-26(29)33-32-23-13-10-19-31-20-23/h4-8,11-15,17-18,20,32-33H,3,9-10,16,19H2,1-2H3/b11-5-,21-4-. The zero-order valence-corrected chi connectivity index (χ0v) is 19.9. The van der Waals surface area contributed by atoms with Crippen LogP contribution in [0.3, 0.4) is 0 Å². The molecule has 0 atom stereocenters. The molecule has 0 amide bonds. The number of rotatable bonds is 7. The first-order chi connectivity index (χ1) is 16.8. The first-order valence-corrected chi connectivity index (χ1v) is 12.2. The minimum Gasteiger partial charge on any atom is -0.460 e. The second-order valence-electron chi connectivity index (χ2n) is 8.58. The fourth-order valence-corrected chi connectivity index (χ4v) is 4.65. The molecule has 4 heteroatoms. The van der Waals surface area contributed by atoms with Crippen LogP contribution in [0.1, 0.15) is 50.0 Å². The maximum atomic E-state index is 6.69. The van der Waals surface area contributed by atoms with Crippen molar-refractivity contribution in [2.24, 2.45) is 4.99 Å². The van der Waals surface area contributed by atoms with Gasteiger partial charge in [-0.1, -0.05) is 73.7 Å². The van der Waals surface area contributed by atoms with Gasteiger partial charge in [0.2, 0.25) is 0 Å². The number of hydrazine groups is 1. The Morgan fingerprint density at radius 3 is 2.85 bits per heavy atom. The van der Waals surface area contributed by atoms with Gasteiger partial charge in [-0.3, -0.25) is 10.4 Å². The molecule has 1 aliphatic heterocycles. The highest BCUT2D eigenvalue weighted by Crippen LogP contribution is 2.45. The largest absolute Gasteiger partial charge is 0.460 e. The Morgan fingerprint density at radius 1 is 1.12 bits per heavy atom. The molecule has 0 spiro atoms. The predicted octanol–water partition coefficient (Wildman–Crippen LogP) is 7.70. The number of furan rings is 1. The molecule has 2 N–H and O–H groups in total. The highest BCUT2D eigenvalue weighted by atomic mass is 16.3. The Labute approximate surface area is 201 Å². The second-order valence-corrected chi connectivity index (χ2v) is 8.58. The number of hydrogen-bond donors (Lipinski definition) is 2. The molecular weight excluding hydrogens is 418 g/mol. The highest BCUT2D eigenvalue weighted by molar-refractivity contribution is 6.05. The van der Waals surface area contributed by atoms with E-state index in [0.29, 0.717) is 0 Å². The molecule has 0 saturated heterocycles. The number of aliphatic imine (C=N–C) groups is 1. The van der Waals surface area contributed by atoms with Crippen LogP contribution in [0.4, 0.5) is 5.69 Å². The van der Waals surface area contributed by atoms with Crippen molar-refractivity contribution in [3.63, 3.8) is 0 Å². The smallest absolute Gasteiger partial charge is 0.145 e. The Kier molecular flexibility index (Phi) is 6.48. The molecule has 3 aromatic rings. The lowest BCUT2D eigenvalue weighted by Crippen LogP contribution is -2.23. The lowest BCUT2D eigenvalue weighted by atomic mass is 9.91. The minimum absolute atomic E-state index is 0.846. The van der Waals surface area contributed by atoms with Gasteiger partial charge in [-0.25, -0.2) is 0 Å². The van der Waals surface area contributed by atoms with Crippen LogP contribution in [0.15, 0.2) is 81.9 Å². The van der Waals surface area contributed by atoms with Gasteiger partial charge in [0.25, 0.3) is 0 Å². The molecule has 0 saturated carbocycles. The van der Waals surface area contributed by atoms with E-state index < -0.39 is 0 Å². The first kappa shape index (κ1) is 22.0. The normalized spacial score (nSPS) is 15.6. The number of dihydropyridines is 1. The van der Waals surface area contributed by atoms with Crippen molar-refractivity contribution in [2.75, 3.05) is 12.0 Å². The maximum absolute atomic E-state index is 6.69. The van der Waals surface area contributed by atoms with E-state index in [-0.39, 0.29) is 0 Å². The van der Waals surface area contributed by atoms with Gasteiger partial charge in [0.15, 0.2) is 0 Å². The summed E-state index contributed by atoms with van der Waals surface area (Å²) >= 11 is 0. The maximum Gasteiger partial charge on any atom is 0.145 e. The van der Waals surface area contributed by atoms with Crippen LogP contribution >= 0.6 is 0 Å². The molecule has 2 aromatic carbocycles. The zero-order valence-electron chi connectivity index (χ0n) is 19.9. The van der Waals surface area contributed by atoms with Gasteiger partial charge in [0.1, 0.15) is 11.5 Å². The van der Waals surface area contributed by atoms with E-state index in [9.17, 15) is 0 Å². The van der Waals surface area contributed by atoms with E-state index in [4.69, 9.17) is 4.42 Å². The summed E-state index contributed by atoms with van der Waals surface area (Å²) in [5.74, 6) is 1.98. The molecule has 2 aliphatic rings. The number of allylic oxidation sites excluding steroid dienone is 6. The molecule has 2 heterocycles. The van der Waals surface area contributed by atoms with Crippen LogP contribution in [-0.2, 0) is 6.42 Å². The van der Waals surface area contributed by atoms with Gasteiger partial charge in [0.05, 0.1) is 16.9 Å². The van der Waals surface area contributed by atoms with E-state index in [1.54, 1.807) is 0 Å². The molecule has 0 unspecified atom stereocenters. The minimum atomic E-state index is 0.846. The van der Waals surface area contributed by atoms with Crippen molar-refractivity contribution in [2.45, 2.75) is 39.5 Å². The molecule has 0 bridgehead atoms. The summed E-state index contributed by atoms with van der Waals surface area (Å²) in [4.78, 5) is 4.39. The third-order valence-electron chi connectivity index (χ3n) is 6.33. The summed E-state index contributed by atoms with van der Waals surface area (Å²) < 4.78 is 6.69. The lowest BCUT2D eigenvalue weighted by Gasteiger charge is -2.17. The van der Waals surface area contributed by atoms with Crippen molar-refractivity contribution < 1.29 is 4.42 Å². The quantitative estimate of drug-likeness (QED) is 0.287. The Hall–Kier alpha value is -3.79. The molecule has 0 fully saturated rings. The molecule has 5 rings (SSSR count). The van der Waals surface area contributed by atoms with Crippen LogP contribution in [0.25, 0.3) is 33.7 Å². The van der Waals surface area contributed by atoms with E-state index >= 15 is 0 Å². The van der Waals surface area contributed by atoms with Crippen molar-refractivity contribution in [3.05, 3.63) is 89.4 Å². The van der Waals surface area contributed by atoms with Gasteiger partial charge in [-0.2, -0.15) is 0 Å². The van der Waals surface area contributed by atoms with Crippen LogP contribution in [0.5, 0.6) is 0 Å². The van der Waals surface area contributed by atoms with E-state index in [1.165, 1.54) is 16.5 Å². The zero-order chi connectivity index (χ0) is 23.3. The number of anilines is 1. The molecule has 0 radical (unpaired) electrons. The Balaban J connectivity index is 1.71. The Bertz CT molecular complexity index is 1350. The lowest BCUT2D eigenvalue weighted by molar-refractivity contribution is 0.520. The summed E-state index contributed by atoms with van der Waals surface area (Å²) in [6, 6.07) is 12.8. The summed E-state index contributed by atoms with van der Waals surface area (Å²) in [6.07, 6.45) is 19.0.